The number of carbonyl (C=O) groups excluding carboxylic acids is 1. The summed E-state index contributed by atoms with van der Waals surface area (Å²) in [5.74, 6) is 1.52. The molecule has 0 saturated heterocycles. The van der Waals surface area contributed by atoms with E-state index in [1.807, 2.05) is 32.0 Å². The van der Waals surface area contributed by atoms with E-state index in [0.29, 0.717) is 60.4 Å². The third-order valence-electron chi connectivity index (χ3n) is 5.95. The molecule has 0 spiro atoms. The zero-order valence-electron chi connectivity index (χ0n) is 20.4. The van der Waals surface area contributed by atoms with Crippen LogP contribution in [0, 0.1) is 5.92 Å². The number of alkyl halides is 1. The first kappa shape index (κ1) is 25.9. The standard InChI is InChI=1S/C26H31ClFN5O3/c1-16(2)24-26(34)30-8-3-10-35-22-13-19-21(14-23(22)36-11-7-28)31-15-32-25(19)33-20-12-18(27)5-4-17(20)6-9-29-24/h4-5,12-16,24,29H,3,6-11H2,1-2H3,(H,30,34)(H,31,32,33)/t24-/m1/s1. The number of hydrogen-bond donors (Lipinski definition) is 3. The van der Waals surface area contributed by atoms with E-state index in [2.05, 4.69) is 25.9 Å². The van der Waals surface area contributed by atoms with Crippen LogP contribution in [0.3, 0.4) is 0 Å². The van der Waals surface area contributed by atoms with Gasteiger partial charge >= 0.3 is 0 Å². The second kappa shape index (κ2) is 12.2. The quantitative estimate of drug-likeness (QED) is 0.473. The van der Waals surface area contributed by atoms with Gasteiger partial charge in [0.2, 0.25) is 5.91 Å². The van der Waals surface area contributed by atoms with E-state index >= 15 is 0 Å². The van der Waals surface area contributed by atoms with Crippen LogP contribution in [-0.4, -0.2) is 54.9 Å². The number of nitrogens with zero attached hydrogens (tertiary/aromatic N) is 2. The molecule has 192 valence electrons. The van der Waals surface area contributed by atoms with Gasteiger partial charge in [0.15, 0.2) is 11.5 Å². The third kappa shape index (κ3) is 6.33. The van der Waals surface area contributed by atoms with Gasteiger partial charge in [0.05, 0.1) is 18.2 Å². The van der Waals surface area contributed by atoms with Crippen LogP contribution in [0.4, 0.5) is 15.9 Å². The van der Waals surface area contributed by atoms with Crippen LogP contribution in [0.2, 0.25) is 5.02 Å². The van der Waals surface area contributed by atoms with E-state index < -0.39 is 6.67 Å². The number of aromatic nitrogens is 2. The highest BCUT2D eigenvalue weighted by Crippen LogP contribution is 2.36. The summed E-state index contributed by atoms with van der Waals surface area (Å²) in [5, 5.41) is 11.1. The fraction of sp³-hybridized carbons (Fsp3) is 0.423. The van der Waals surface area contributed by atoms with Gasteiger partial charge in [-0.2, -0.15) is 0 Å². The summed E-state index contributed by atoms with van der Waals surface area (Å²) >= 11 is 6.32. The predicted octanol–water partition coefficient (Wildman–Crippen LogP) is 4.43. The molecule has 0 aliphatic carbocycles. The molecular weight excluding hydrogens is 485 g/mol. The predicted molar refractivity (Wildman–Crippen MR) is 139 cm³/mol. The topological polar surface area (TPSA) is 97.4 Å². The van der Waals surface area contributed by atoms with Crippen molar-refractivity contribution in [3.63, 3.8) is 0 Å². The zero-order valence-corrected chi connectivity index (χ0v) is 21.2. The highest BCUT2D eigenvalue weighted by Gasteiger charge is 2.21. The van der Waals surface area contributed by atoms with Crippen molar-refractivity contribution < 1.29 is 18.7 Å². The first-order chi connectivity index (χ1) is 17.5. The Bertz CT molecular complexity index is 1210. The highest BCUT2D eigenvalue weighted by molar-refractivity contribution is 6.30. The summed E-state index contributed by atoms with van der Waals surface area (Å²) in [4.78, 5) is 21.6. The van der Waals surface area contributed by atoms with E-state index in [4.69, 9.17) is 21.1 Å². The van der Waals surface area contributed by atoms with Gasteiger partial charge < -0.3 is 25.4 Å². The SMILES string of the molecule is CC(C)[C@H]1NCCc2ccc(Cl)cc2Nc2ncnc3cc(OCCF)c(cc23)OCCCNC1=O. The van der Waals surface area contributed by atoms with Gasteiger partial charge in [0.1, 0.15) is 25.4 Å². The van der Waals surface area contributed by atoms with Gasteiger partial charge in [0.25, 0.3) is 0 Å². The Hall–Kier alpha value is -3.17. The Labute approximate surface area is 214 Å². The summed E-state index contributed by atoms with van der Waals surface area (Å²) in [7, 11) is 0. The van der Waals surface area contributed by atoms with E-state index in [9.17, 15) is 9.18 Å². The maximum atomic E-state index is 12.8. The first-order valence-corrected chi connectivity index (χ1v) is 12.5. The number of hydrogen-bond acceptors (Lipinski definition) is 7. The van der Waals surface area contributed by atoms with Crippen molar-refractivity contribution in [3.05, 3.63) is 47.2 Å². The maximum absolute atomic E-state index is 12.8. The molecule has 0 unspecified atom stereocenters. The van der Waals surface area contributed by atoms with Crippen molar-refractivity contribution in [3.8, 4) is 11.5 Å². The molecular formula is C26H31ClFN5O3. The Morgan fingerprint density at radius 1 is 1.22 bits per heavy atom. The number of anilines is 2. The lowest BCUT2D eigenvalue weighted by Gasteiger charge is -2.22. The number of nitrogens with one attached hydrogen (secondary N) is 3. The van der Waals surface area contributed by atoms with Crippen LogP contribution in [0.15, 0.2) is 36.7 Å². The van der Waals surface area contributed by atoms with Crippen molar-refractivity contribution in [1.82, 2.24) is 20.6 Å². The number of fused-ring (bicyclic) bond motifs is 2. The number of ether oxygens (including phenoxy) is 2. The van der Waals surface area contributed by atoms with Gasteiger partial charge in [-0.25, -0.2) is 14.4 Å². The zero-order chi connectivity index (χ0) is 25.5. The van der Waals surface area contributed by atoms with Gasteiger partial charge in [-0.1, -0.05) is 31.5 Å². The molecule has 1 aromatic heterocycles. The fourth-order valence-electron chi connectivity index (χ4n) is 4.12. The monoisotopic (exact) mass is 515 g/mol. The molecule has 3 aromatic rings. The summed E-state index contributed by atoms with van der Waals surface area (Å²) < 4.78 is 24.4. The molecule has 36 heavy (non-hydrogen) atoms. The fourth-order valence-corrected chi connectivity index (χ4v) is 4.29. The minimum atomic E-state index is -0.622. The minimum absolute atomic E-state index is 0.0418. The van der Waals surface area contributed by atoms with Crippen LogP contribution >= 0.6 is 11.6 Å². The summed E-state index contributed by atoms with van der Waals surface area (Å²) in [6.45, 7) is 4.74. The molecule has 4 rings (SSSR count). The molecule has 1 atom stereocenters. The highest BCUT2D eigenvalue weighted by atomic mass is 35.5. The van der Waals surface area contributed by atoms with Crippen LogP contribution in [0.5, 0.6) is 11.5 Å². The van der Waals surface area contributed by atoms with Crippen molar-refractivity contribution in [2.75, 3.05) is 38.3 Å². The molecule has 2 aromatic carbocycles. The van der Waals surface area contributed by atoms with Gasteiger partial charge in [-0.15, -0.1) is 0 Å². The van der Waals surface area contributed by atoms with E-state index in [1.165, 1.54) is 6.33 Å². The second-order valence-electron chi connectivity index (χ2n) is 8.92. The minimum Gasteiger partial charge on any atom is -0.490 e. The van der Waals surface area contributed by atoms with Crippen molar-refractivity contribution in [1.29, 1.82) is 0 Å². The number of benzene rings is 2. The van der Waals surface area contributed by atoms with Crippen molar-refractivity contribution >= 4 is 39.9 Å². The Balaban J connectivity index is 1.73. The van der Waals surface area contributed by atoms with Crippen LogP contribution in [0.1, 0.15) is 25.8 Å². The largest absolute Gasteiger partial charge is 0.490 e. The number of carbonyl (C=O) groups is 1. The molecule has 2 bridgehead atoms. The summed E-state index contributed by atoms with van der Waals surface area (Å²) in [6.07, 6.45) is 2.73. The molecule has 1 aliphatic heterocycles. The molecule has 0 saturated carbocycles. The molecule has 10 heteroatoms. The lowest BCUT2D eigenvalue weighted by molar-refractivity contribution is -0.124. The maximum Gasteiger partial charge on any atom is 0.237 e. The second-order valence-corrected chi connectivity index (χ2v) is 9.36. The normalized spacial score (nSPS) is 17.1. The Morgan fingerprint density at radius 3 is 2.89 bits per heavy atom. The Kier molecular flexibility index (Phi) is 8.77. The smallest absolute Gasteiger partial charge is 0.237 e. The summed E-state index contributed by atoms with van der Waals surface area (Å²) in [6, 6.07) is 8.85. The van der Waals surface area contributed by atoms with Crippen LogP contribution in [0.25, 0.3) is 10.9 Å². The molecule has 1 amide bonds. The van der Waals surface area contributed by atoms with E-state index in [0.717, 1.165) is 16.6 Å². The molecule has 0 radical (unpaired) electrons. The van der Waals surface area contributed by atoms with Crippen molar-refractivity contribution in [2.24, 2.45) is 5.92 Å². The molecule has 8 nitrogen and oxygen atoms in total. The lowest BCUT2D eigenvalue weighted by Crippen LogP contribution is -2.48. The van der Waals surface area contributed by atoms with E-state index in [1.54, 1.807) is 12.1 Å². The Morgan fingerprint density at radius 2 is 2.08 bits per heavy atom. The van der Waals surface area contributed by atoms with E-state index in [-0.39, 0.29) is 24.5 Å². The van der Waals surface area contributed by atoms with Crippen LogP contribution < -0.4 is 25.4 Å². The molecule has 1 aliphatic rings. The van der Waals surface area contributed by atoms with Gasteiger partial charge in [-0.05, 0) is 49.1 Å². The average molecular weight is 516 g/mol. The van der Waals surface area contributed by atoms with Gasteiger partial charge in [0, 0.05) is 28.7 Å². The van der Waals surface area contributed by atoms with Gasteiger partial charge in [-0.3, -0.25) is 4.79 Å². The van der Waals surface area contributed by atoms with Crippen LogP contribution in [-0.2, 0) is 11.2 Å². The average Bonchev–Trinajstić information content (AvgIpc) is 2.85. The number of halogens is 2. The van der Waals surface area contributed by atoms with Crippen molar-refractivity contribution in [2.45, 2.75) is 32.7 Å². The molecule has 2 heterocycles. The molecule has 3 N–H and O–H groups in total. The number of amides is 1. The molecule has 0 fully saturated rings. The number of rotatable bonds is 4. The third-order valence-corrected chi connectivity index (χ3v) is 6.18. The summed E-state index contributed by atoms with van der Waals surface area (Å²) in [5.41, 5.74) is 2.45. The first-order valence-electron chi connectivity index (χ1n) is 12.1. The lowest BCUT2D eigenvalue weighted by atomic mass is 10.0.